The van der Waals surface area contributed by atoms with Gasteiger partial charge in [-0.25, -0.2) is 9.59 Å². The Morgan fingerprint density at radius 1 is 0.946 bits per heavy atom. The summed E-state index contributed by atoms with van der Waals surface area (Å²) >= 11 is 0. The lowest BCUT2D eigenvalue weighted by molar-refractivity contribution is 0.0362. The Kier molecular flexibility index (Phi) is 7.16. The van der Waals surface area contributed by atoms with Crippen LogP contribution in [0.1, 0.15) is 69.1 Å². The molecule has 1 heterocycles. The van der Waals surface area contributed by atoms with Gasteiger partial charge in [0.25, 0.3) is 0 Å². The Morgan fingerprint density at radius 3 is 2.03 bits per heavy atom. The summed E-state index contributed by atoms with van der Waals surface area (Å²) in [7, 11) is 0. The molecule has 2 N–H and O–H groups in total. The molecular formula is C28H32N2O7. The Labute approximate surface area is 215 Å². The van der Waals surface area contributed by atoms with E-state index in [0.717, 1.165) is 35.9 Å². The largest absolute Gasteiger partial charge is 0.490 e. The average molecular weight is 509 g/mol. The first-order valence-electron chi connectivity index (χ1n) is 12.1. The lowest BCUT2D eigenvalue weighted by Crippen LogP contribution is -2.50. The van der Waals surface area contributed by atoms with Gasteiger partial charge in [0.15, 0.2) is 0 Å². The molecule has 1 aromatic heterocycles. The molecule has 4 rings (SSSR count). The van der Waals surface area contributed by atoms with Crippen molar-refractivity contribution < 1.29 is 33.3 Å². The number of rotatable bonds is 8. The zero-order valence-electron chi connectivity index (χ0n) is 21.6. The average Bonchev–Trinajstić information content (AvgIpc) is 3.26. The summed E-state index contributed by atoms with van der Waals surface area (Å²) in [5.41, 5.74) is 1.39. The van der Waals surface area contributed by atoms with Crippen LogP contribution in [0.15, 0.2) is 59.1 Å². The quantitative estimate of drug-likeness (QED) is 0.384. The van der Waals surface area contributed by atoms with Gasteiger partial charge in [0.1, 0.15) is 23.2 Å². The third-order valence-corrected chi connectivity index (χ3v) is 6.17. The standard InChI is InChI=1S/C28H32N2O7/c1-27(2,3)37-25(33)30-19-14-22(15-19)34-20-10-6-17(7-11-20)28(4,5)18-8-12-21(13-9-18)35-26-29-16-23(36-26)24(31)32/h6-13,16,19,22H,14-15H2,1-5H3,(H,30,33)(H,31,32). The number of aromatic nitrogens is 1. The molecule has 196 valence electrons. The first-order valence-corrected chi connectivity index (χ1v) is 12.1. The SMILES string of the molecule is CC(C)(C)OC(=O)NC1CC(Oc2ccc(C(C)(C)c3ccc(Oc4ncc(C(=O)O)o4)cc3)cc2)C1. The summed E-state index contributed by atoms with van der Waals surface area (Å²) < 4.78 is 21.9. The van der Waals surface area contributed by atoms with Crippen molar-refractivity contribution in [2.75, 3.05) is 0 Å². The van der Waals surface area contributed by atoms with Crippen LogP contribution in [0.25, 0.3) is 0 Å². The van der Waals surface area contributed by atoms with Crippen molar-refractivity contribution in [1.29, 1.82) is 0 Å². The van der Waals surface area contributed by atoms with Crippen molar-refractivity contribution in [3.8, 4) is 17.6 Å². The van der Waals surface area contributed by atoms with E-state index in [0.29, 0.717) is 5.75 Å². The highest BCUT2D eigenvalue weighted by Gasteiger charge is 2.33. The maximum Gasteiger partial charge on any atom is 0.407 e. The van der Waals surface area contributed by atoms with Gasteiger partial charge in [-0.1, -0.05) is 38.1 Å². The number of carbonyl (C=O) groups excluding carboxylic acids is 1. The molecule has 1 amide bonds. The Bertz CT molecular complexity index is 1230. The van der Waals surface area contributed by atoms with E-state index in [4.69, 9.17) is 23.7 Å². The summed E-state index contributed by atoms with van der Waals surface area (Å²) in [6.07, 6.45) is 2.12. The van der Waals surface area contributed by atoms with E-state index in [1.54, 1.807) is 12.1 Å². The minimum atomic E-state index is -1.21. The summed E-state index contributed by atoms with van der Waals surface area (Å²) in [6.45, 7) is 9.78. The fraction of sp³-hybridized carbons (Fsp3) is 0.393. The zero-order chi connectivity index (χ0) is 26.8. The van der Waals surface area contributed by atoms with Crippen LogP contribution in [-0.2, 0) is 10.2 Å². The van der Waals surface area contributed by atoms with Crippen LogP contribution in [0, 0.1) is 0 Å². The lowest BCUT2D eigenvalue weighted by Gasteiger charge is -2.36. The molecule has 2 aromatic carbocycles. The second kappa shape index (κ2) is 10.2. The van der Waals surface area contributed by atoms with Crippen LogP contribution < -0.4 is 14.8 Å². The first kappa shape index (κ1) is 26.1. The number of oxazole rings is 1. The van der Waals surface area contributed by atoms with Crippen LogP contribution in [0.4, 0.5) is 4.79 Å². The molecule has 0 bridgehead atoms. The number of benzene rings is 2. The molecule has 9 nitrogen and oxygen atoms in total. The van der Waals surface area contributed by atoms with Crippen LogP contribution in [0.5, 0.6) is 17.6 Å². The molecule has 3 aromatic rings. The minimum Gasteiger partial charge on any atom is -0.490 e. The number of amides is 1. The van der Waals surface area contributed by atoms with Crippen molar-refractivity contribution >= 4 is 12.1 Å². The number of hydrogen-bond acceptors (Lipinski definition) is 7. The summed E-state index contributed by atoms with van der Waals surface area (Å²) in [4.78, 5) is 26.6. The molecule has 1 aliphatic rings. The molecule has 37 heavy (non-hydrogen) atoms. The van der Waals surface area contributed by atoms with E-state index >= 15 is 0 Å². The Balaban J connectivity index is 1.30. The number of nitrogens with zero attached hydrogens (tertiary/aromatic N) is 1. The number of carbonyl (C=O) groups is 2. The molecule has 0 radical (unpaired) electrons. The van der Waals surface area contributed by atoms with Crippen molar-refractivity contribution in [3.05, 3.63) is 71.6 Å². The van der Waals surface area contributed by atoms with Gasteiger partial charge in [-0.3, -0.25) is 0 Å². The number of nitrogens with one attached hydrogen (secondary N) is 1. The van der Waals surface area contributed by atoms with E-state index in [1.807, 2.05) is 45.0 Å². The van der Waals surface area contributed by atoms with Crippen molar-refractivity contribution in [1.82, 2.24) is 10.3 Å². The Hall–Kier alpha value is -4.01. The van der Waals surface area contributed by atoms with Crippen molar-refractivity contribution in [3.63, 3.8) is 0 Å². The highest BCUT2D eigenvalue weighted by atomic mass is 16.6. The Morgan fingerprint density at radius 2 is 1.51 bits per heavy atom. The van der Waals surface area contributed by atoms with Crippen molar-refractivity contribution in [2.45, 2.75) is 70.6 Å². The number of carboxylic acid groups (broad SMARTS) is 1. The summed E-state index contributed by atoms with van der Waals surface area (Å²) in [5.74, 6) is -0.213. The summed E-state index contributed by atoms with van der Waals surface area (Å²) in [6, 6.07) is 15.6. The monoisotopic (exact) mass is 508 g/mol. The first-order chi connectivity index (χ1) is 17.4. The summed E-state index contributed by atoms with van der Waals surface area (Å²) in [5, 5.41) is 11.8. The van der Waals surface area contributed by atoms with Crippen LogP contribution in [0.2, 0.25) is 0 Å². The maximum absolute atomic E-state index is 11.9. The highest BCUT2D eigenvalue weighted by molar-refractivity contribution is 5.83. The molecule has 1 fully saturated rings. The van der Waals surface area contributed by atoms with Gasteiger partial charge >= 0.3 is 18.1 Å². The van der Waals surface area contributed by atoms with E-state index < -0.39 is 17.7 Å². The molecular weight excluding hydrogens is 476 g/mol. The number of alkyl carbamates (subject to hydrolysis) is 1. The van der Waals surface area contributed by atoms with E-state index in [9.17, 15) is 9.59 Å². The predicted molar refractivity (Wildman–Crippen MR) is 135 cm³/mol. The third kappa shape index (κ3) is 6.61. The van der Waals surface area contributed by atoms with Gasteiger partial charge in [-0.05, 0) is 56.2 Å². The van der Waals surface area contributed by atoms with Crippen molar-refractivity contribution in [2.24, 2.45) is 0 Å². The normalized spacial score (nSPS) is 17.4. The zero-order valence-corrected chi connectivity index (χ0v) is 21.6. The molecule has 0 spiro atoms. The molecule has 1 saturated carbocycles. The maximum atomic E-state index is 11.9. The molecule has 0 aliphatic heterocycles. The predicted octanol–water partition coefficient (Wildman–Crippen LogP) is 5.93. The third-order valence-electron chi connectivity index (χ3n) is 6.17. The lowest BCUT2D eigenvalue weighted by atomic mass is 9.78. The van der Waals surface area contributed by atoms with Crippen LogP contribution in [0.3, 0.4) is 0 Å². The number of carboxylic acids is 1. The minimum absolute atomic E-state index is 0.0570. The molecule has 0 unspecified atom stereocenters. The number of ether oxygens (including phenoxy) is 3. The fourth-order valence-electron chi connectivity index (χ4n) is 4.01. The molecule has 0 atom stereocenters. The second-order valence-corrected chi connectivity index (χ2v) is 10.6. The van der Waals surface area contributed by atoms with E-state index in [1.165, 1.54) is 0 Å². The number of aromatic carboxylic acids is 1. The van der Waals surface area contributed by atoms with E-state index in [2.05, 4.69) is 36.3 Å². The van der Waals surface area contributed by atoms with E-state index in [-0.39, 0.29) is 29.4 Å². The van der Waals surface area contributed by atoms with Crippen LogP contribution >= 0.6 is 0 Å². The second-order valence-electron chi connectivity index (χ2n) is 10.6. The molecule has 9 heteroatoms. The van der Waals surface area contributed by atoms with Gasteiger partial charge in [0.2, 0.25) is 5.76 Å². The van der Waals surface area contributed by atoms with Gasteiger partial charge in [-0.2, -0.15) is 4.98 Å². The van der Waals surface area contributed by atoms with Gasteiger partial charge in [-0.15, -0.1) is 0 Å². The van der Waals surface area contributed by atoms with Gasteiger partial charge in [0, 0.05) is 24.3 Å². The molecule has 0 saturated heterocycles. The van der Waals surface area contributed by atoms with Gasteiger partial charge in [0.05, 0.1) is 6.20 Å². The van der Waals surface area contributed by atoms with Crippen LogP contribution in [-0.4, -0.2) is 39.9 Å². The smallest absolute Gasteiger partial charge is 0.407 e. The van der Waals surface area contributed by atoms with Gasteiger partial charge < -0.3 is 29.1 Å². The fourth-order valence-corrected chi connectivity index (χ4v) is 4.01. The molecule has 1 aliphatic carbocycles. The topological polar surface area (TPSA) is 120 Å². The number of hydrogen-bond donors (Lipinski definition) is 2. The highest BCUT2D eigenvalue weighted by Crippen LogP contribution is 2.35.